The van der Waals surface area contributed by atoms with Gasteiger partial charge in [0.1, 0.15) is 12.1 Å². The third kappa shape index (κ3) is 3.40. The fraction of sp³-hybridized carbons (Fsp3) is 0.350. The number of pyridine rings is 1. The van der Waals surface area contributed by atoms with Gasteiger partial charge in [-0.15, -0.1) is 0 Å². The lowest BCUT2D eigenvalue weighted by molar-refractivity contribution is 0.526. The SMILES string of the molecule is Cc1cc(NC2CCN(c3cc(C)nc4ccccc34)CC2)ncn1. The van der Waals surface area contributed by atoms with Gasteiger partial charge in [0.15, 0.2) is 0 Å². The number of rotatable bonds is 3. The second-order valence-electron chi connectivity index (χ2n) is 6.75. The minimum Gasteiger partial charge on any atom is -0.371 e. The molecule has 0 radical (unpaired) electrons. The summed E-state index contributed by atoms with van der Waals surface area (Å²) in [5.74, 6) is 0.927. The van der Waals surface area contributed by atoms with Crippen molar-refractivity contribution in [1.29, 1.82) is 0 Å². The number of aryl methyl sites for hydroxylation is 2. The fourth-order valence-corrected chi connectivity index (χ4v) is 3.55. The third-order valence-electron chi connectivity index (χ3n) is 4.81. The summed E-state index contributed by atoms with van der Waals surface area (Å²) >= 11 is 0. The molecular weight excluding hydrogens is 310 g/mol. The molecule has 0 saturated carbocycles. The van der Waals surface area contributed by atoms with Crippen LogP contribution in [0.5, 0.6) is 0 Å². The predicted octanol–water partition coefficient (Wildman–Crippen LogP) is 3.72. The highest BCUT2D eigenvalue weighted by atomic mass is 15.2. The maximum Gasteiger partial charge on any atom is 0.129 e. The van der Waals surface area contributed by atoms with E-state index in [2.05, 4.69) is 62.4 Å². The molecule has 0 atom stereocenters. The number of hydrogen-bond donors (Lipinski definition) is 1. The van der Waals surface area contributed by atoms with Crippen LogP contribution < -0.4 is 10.2 Å². The second kappa shape index (κ2) is 6.67. The molecule has 5 nitrogen and oxygen atoms in total. The molecule has 25 heavy (non-hydrogen) atoms. The van der Waals surface area contributed by atoms with Gasteiger partial charge in [0.25, 0.3) is 0 Å². The van der Waals surface area contributed by atoms with E-state index in [9.17, 15) is 0 Å². The molecule has 1 aliphatic heterocycles. The molecule has 0 bridgehead atoms. The summed E-state index contributed by atoms with van der Waals surface area (Å²) in [4.78, 5) is 15.6. The van der Waals surface area contributed by atoms with Gasteiger partial charge in [0, 0.05) is 47.7 Å². The minimum atomic E-state index is 0.458. The summed E-state index contributed by atoms with van der Waals surface area (Å²) in [6.07, 6.45) is 3.82. The van der Waals surface area contributed by atoms with Crippen molar-refractivity contribution in [2.24, 2.45) is 0 Å². The molecule has 128 valence electrons. The number of piperidine rings is 1. The summed E-state index contributed by atoms with van der Waals surface area (Å²) in [6, 6.07) is 13.1. The van der Waals surface area contributed by atoms with Crippen LogP contribution in [0.25, 0.3) is 10.9 Å². The summed E-state index contributed by atoms with van der Waals surface area (Å²) in [6.45, 7) is 6.14. The first-order valence-corrected chi connectivity index (χ1v) is 8.85. The highest BCUT2D eigenvalue weighted by Gasteiger charge is 2.21. The van der Waals surface area contributed by atoms with Crippen molar-refractivity contribution in [2.75, 3.05) is 23.3 Å². The Kier molecular flexibility index (Phi) is 4.22. The highest BCUT2D eigenvalue weighted by Crippen LogP contribution is 2.29. The molecule has 1 aliphatic rings. The van der Waals surface area contributed by atoms with Gasteiger partial charge in [-0.2, -0.15) is 0 Å². The Hall–Kier alpha value is -2.69. The molecule has 5 heteroatoms. The molecule has 0 unspecified atom stereocenters. The third-order valence-corrected chi connectivity index (χ3v) is 4.81. The number of nitrogens with one attached hydrogen (secondary N) is 1. The molecule has 3 heterocycles. The Bertz CT molecular complexity index is 884. The topological polar surface area (TPSA) is 53.9 Å². The maximum absolute atomic E-state index is 4.66. The largest absolute Gasteiger partial charge is 0.371 e. The van der Waals surface area contributed by atoms with Crippen LogP contribution in [0.1, 0.15) is 24.2 Å². The number of aromatic nitrogens is 3. The summed E-state index contributed by atoms with van der Waals surface area (Å²) in [5, 5.41) is 4.79. The van der Waals surface area contributed by atoms with Gasteiger partial charge in [-0.1, -0.05) is 18.2 Å². The van der Waals surface area contributed by atoms with Crippen LogP contribution in [0.4, 0.5) is 11.5 Å². The molecule has 1 fully saturated rings. The van der Waals surface area contributed by atoms with Crippen LogP contribution in [0.3, 0.4) is 0 Å². The number of hydrogen-bond acceptors (Lipinski definition) is 5. The standard InChI is InChI=1S/C20H23N5/c1-14-12-20(22-13-21-14)24-16-7-9-25(10-8-16)19-11-15(2)23-18-6-4-3-5-17(18)19/h3-6,11-13,16H,7-10H2,1-2H3,(H,21,22,24). The van der Waals surface area contributed by atoms with Crippen molar-refractivity contribution in [3.63, 3.8) is 0 Å². The summed E-state index contributed by atoms with van der Waals surface area (Å²) < 4.78 is 0. The van der Waals surface area contributed by atoms with Crippen LogP contribution >= 0.6 is 0 Å². The summed E-state index contributed by atoms with van der Waals surface area (Å²) in [5.41, 5.74) is 4.45. The van der Waals surface area contributed by atoms with Gasteiger partial charge < -0.3 is 10.2 Å². The molecule has 0 aliphatic carbocycles. The first-order chi connectivity index (χ1) is 12.2. The van der Waals surface area contributed by atoms with Crippen LogP contribution in [-0.4, -0.2) is 34.1 Å². The van der Waals surface area contributed by atoms with Crippen LogP contribution in [-0.2, 0) is 0 Å². The van der Waals surface area contributed by atoms with Crippen molar-refractivity contribution >= 4 is 22.4 Å². The Morgan fingerprint density at radius 3 is 2.60 bits per heavy atom. The van der Waals surface area contributed by atoms with Crippen molar-refractivity contribution in [3.05, 3.63) is 54.1 Å². The molecule has 1 aromatic carbocycles. The highest BCUT2D eigenvalue weighted by molar-refractivity contribution is 5.92. The van der Waals surface area contributed by atoms with Gasteiger partial charge in [-0.25, -0.2) is 9.97 Å². The maximum atomic E-state index is 4.66. The molecule has 1 saturated heterocycles. The quantitative estimate of drug-likeness (QED) is 0.791. The van der Waals surface area contributed by atoms with Crippen LogP contribution in [0, 0.1) is 13.8 Å². The van der Waals surface area contributed by atoms with Crippen molar-refractivity contribution < 1.29 is 0 Å². The Balaban J connectivity index is 1.49. The lowest BCUT2D eigenvalue weighted by Crippen LogP contribution is -2.39. The van der Waals surface area contributed by atoms with E-state index >= 15 is 0 Å². The van der Waals surface area contributed by atoms with E-state index in [1.807, 2.05) is 13.0 Å². The minimum absolute atomic E-state index is 0.458. The van der Waals surface area contributed by atoms with Crippen molar-refractivity contribution in [2.45, 2.75) is 32.7 Å². The van der Waals surface area contributed by atoms with Crippen molar-refractivity contribution in [1.82, 2.24) is 15.0 Å². The van der Waals surface area contributed by atoms with Crippen LogP contribution in [0.2, 0.25) is 0 Å². The van der Waals surface area contributed by atoms with Gasteiger partial charge >= 0.3 is 0 Å². The monoisotopic (exact) mass is 333 g/mol. The van der Waals surface area contributed by atoms with Gasteiger partial charge in [-0.05, 0) is 38.8 Å². The number of benzene rings is 1. The van der Waals surface area contributed by atoms with E-state index < -0.39 is 0 Å². The number of nitrogens with zero attached hydrogens (tertiary/aromatic N) is 4. The zero-order valence-corrected chi connectivity index (χ0v) is 14.7. The van der Waals surface area contributed by atoms with E-state index in [1.54, 1.807) is 6.33 Å². The molecular formula is C20H23N5. The molecule has 3 aromatic rings. The average molecular weight is 333 g/mol. The number of para-hydroxylation sites is 1. The number of anilines is 2. The predicted molar refractivity (Wildman–Crippen MR) is 102 cm³/mol. The molecule has 4 rings (SSSR count). The second-order valence-corrected chi connectivity index (χ2v) is 6.75. The lowest BCUT2D eigenvalue weighted by Gasteiger charge is -2.35. The first kappa shape index (κ1) is 15.8. The fourth-order valence-electron chi connectivity index (χ4n) is 3.55. The molecule has 1 N–H and O–H groups in total. The smallest absolute Gasteiger partial charge is 0.129 e. The Morgan fingerprint density at radius 1 is 1.00 bits per heavy atom. The van der Waals surface area contributed by atoms with E-state index in [1.165, 1.54) is 11.1 Å². The van der Waals surface area contributed by atoms with Gasteiger partial charge in [0.05, 0.1) is 5.52 Å². The van der Waals surface area contributed by atoms with Gasteiger partial charge in [0.2, 0.25) is 0 Å². The van der Waals surface area contributed by atoms with E-state index in [4.69, 9.17) is 0 Å². The molecule has 0 spiro atoms. The Labute approximate surface area is 148 Å². The molecule has 2 aromatic heterocycles. The Morgan fingerprint density at radius 2 is 1.80 bits per heavy atom. The average Bonchev–Trinajstić information content (AvgIpc) is 2.62. The normalized spacial score (nSPS) is 15.5. The van der Waals surface area contributed by atoms with Crippen LogP contribution in [0.15, 0.2) is 42.7 Å². The zero-order valence-electron chi connectivity index (χ0n) is 14.7. The van der Waals surface area contributed by atoms with E-state index in [0.29, 0.717) is 6.04 Å². The summed E-state index contributed by atoms with van der Waals surface area (Å²) in [7, 11) is 0. The van der Waals surface area contributed by atoms with Crippen molar-refractivity contribution in [3.8, 4) is 0 Å². The number of fused-ring (bicyclic) bond motifs is 1. The first-order valence-electron chi connectivity index (χ1n) is 8.85. The van der Waals surface area contributed by atoms with Gasteiger partial charge in [-0.3, -0.25) is 4.98 Å². The zero-order chi connectivity index (χ0) is 17.2. The molecule has 0 amide bonds. The van der Waals surface area contributed by atoms with E-state index in [-0.39, 0.29) is 0 Å². The lowest BCUT2D eigenvalue weighted by atomic mass is 10.0. The van der Waals surface area contributed by atoms with E-state index in [0.717, 1.165) is 48.7 Å².